The van der Waals surface area contributed by atoms with Gasteiger partial charge < -0.3 is 0 Å². The summed E-state index contributed by atoms with van der Waals surface area (Å²) in [6, 6.07) is 0. The van der Waals surface area contributed by atoms with E-state index in [-0.39, 0.29) is 11.1 Å². The van der Waals surface area contributed by atoms with Crippen LogP contribution in [0.4, 0.5) is 0 Å². The Morgan fingerprint density at radius 2 is 1.14 bits per heavy atom. The monoisotopic (exact) mass is 193 g/mol. The molecule has 14 heavy (non-hydrogen) atoms. The van der Waals surface area contributed by atoms with E-state index in [2.05, 4.69) is 65.6 Å². The first kappa shape index (κ1) is 11.5. The zero-order valence-electron chi connectivity index (χ0n) is 10.6. The highest BCUT2D eigenvalue weighted by Crippen LogP contribution is 2.35. The molecule has 0 amide bonds. The lowest BCUT2D eigenvalue weighted by molar-refractivity contribution is 0.0954. The maximum Gasteiger partial charge on any atom is 0.0369 e. The van der Waals surface area contributed by atoms with Gasteiger partial charge in [-0.25, -0.2) is 0 Å². The van der Waals surface area contributed by atoms with E-state index in [4.69, 9.17) is 0 Å². The third kappa shape index (κ3) is 1.54. The molecule has 1 aliphatic rings. The summed E-state index contributed by atoms with van der Waals surface area (Å²) >= 11 is 0. The molecule has 80 valence electrons. The standard InChI is InChI=1S/C13H23N/c1-10-8-9-11(2)13(5,6)14(7)12(10,3)4/h8-9H,1-7H3. The molecule has 0 bridgehead atoms. The summed E-state index contributed by atoms with van der Waals surface area (Å²) < 4.78 is 0. The van der Waals surface area contributed by atoms with Gasteiger partial charge >= 0.3 is 0 Å². The summed E-state index contributed by atoms with van der Waals surface area (Å²) in [7, 11) is 2.21. The quantitative estimate of drug-likeness (QED) is 0.570. The third-order valence-electron chi connectivity index (χ3n) is 4.19. The number of hydrogen-bond acceptors (Lipinski definition) is 1. The van der Waals surface area contributed by atoms with Crippen LogP contribution in [0.3, 0.4) is 0 Å². The van der Waals surface area contributed by atoms with Gasteiger partial charge in [0.2, 0.25) is 0 Å². The number of rotatable bonds is 0. The summed E-state index contributed by atoms with van der Waals surface area (Å²) in [6.07, 6.45) is 4.50. The first-order valence-electron chi connectivity index (χ1n) is 5.31. The molecule has 1 aliphatic heterocycles. The van der Waals surface area contributed by atoms with Crippen LogP contribution in [0.5, 0.6) is 0 Å². The number of allylic oxidation sites excluding steroid dienone is 2. The van der Waals surface area contributed by atoms with E-state index < -0.39 is 0 Å². The van der Waals surface area contributed by atoms with Crippen LogP contribution in [0, 0.1) is 0 Å². The van der Waals surface area contributed by atoms with Gasteiger partial charge in [-0.3, -0.25) is 4.90 Å². The van der Waals surface area contributed by atoms with Crippen LogP contribution in [-0.4, -0.2) is 23.0 Å². The number of nitrogens with zero attached hydrogens (tertiary/aromatic N) is 1. The second kappa shape index (κ2) is 3.23. The van der Waals surface area contributed by atoms with Crippen LogP contribution in [-0.2, 0) is 0 Å². The van der Waals surface area contributed by atoms with Crippen LogP contribution in [0.1, 0.15) is 41.5 Å². The molecule has 0 unspecified atom stereocenters. The van der Waals surface area contributed by atoms with E-state index in [0.29, 0.717) is 0 Å². The molecule has 0 saturated heterocycles. The van der Waals surface area contributed by atoms with E-state index in [1.807, 2.05) is 0 Å². The van der Waals surface area contributed by atoms with E-state index in [9.17, 15) is 0 Å². The minimum atomic E-state index is 0.137. The van der Waals surface area contributed by atoms with Crippen LogP contribution in [0.2, 0.25) is 0 Å². The topological polar surface area (TPSA) is 3.24 Å². The van der Waals surface area contributed by atoms with Gasteiger partial charge in [-0.1, -0.05) is 23.3 Å². The van der Waals surface area contributed by atoms with Crippen LogP contribution in [0.25, 0.3) is 0 Å². The van der Waals surface area contributed by atoms with Crippen LogP contribution < -0.4 is 0 Å². The molecule has 1 nitrogen and oxygen atoms in total. The predicted molar refractivity (Wildman–Crippen MR) is 63.4 cm³/mol. The summed E-state index contributed by atoms with van der Waals surface area (Å²) in [5.41, 5.74) is 3.12. The molecule has 0 N–H and O–H groups in total. The highest BCUT2D eigenvalue weighted by molar-refractivity contribution is 5.32. The number of hydrogen-bond donors (Lipinski definition) is 0. The Kier molecular flexibility index (Phi) is 2.66. The maximum absolute atomic E-state index is 2.45. The van der Waals surface area contributed by atoms with Crippen molar-refractivity contribution >= 4 is 0 Å². The van der Waals surface area contributed by atoms with Gasteiger partial charge in [0.05, 0.1) is 0 Å². The lowest BCUT2D eigenvalue weighted by Crippen LogP contribution is -2.53. The average molecular weight is 193 g/mol. The molecule has 0 aromatic heterocycles. The Hall–Kier alpha value is -0.560. The average Bonchev–Trinajstić information content (AvgIpc) is 2.13. The number of likely N-dealkylation sites (N-methyl/N-ethyl adjacent to an activating group) is 1. The Morgan fingerprint density at radius 1 is 0.857 bits per heavy atom. The molecular weight excluding hydrogens is 170 g/mol. The van der Waals surface area contributed by atoms with Crippen molar-refractivity contribution in [3.8, 4) is 0 Å². The summed E-state index contributed by atoms with van der Waals surface area (Å²) in [4.78, 5) is 2.45. The first-order chi connectivity index (χ1) is 6.20. The minimum Gasteiger partial charge on any atom is -0.289 e. The largest absolute Gasteiger partial charge is 0.289 e. The van der Waals surface area contributed by atoms with Crippen molar-refractivity contribution < 1.29 is 0 Å². The minimum absolute atomic E-state index is 0.137. The summed E-state index contributed by atoms with van der Waals surface area (Å²) in [5.74, 6) is 0. The van der Waals surface area contributed by atoms with Gasteiger partial charge in [-0.05, 0) is 48.6 Å². The second-order valence-corrected chi connectivity index (χ2v) is 5.38. The van der Waals surface area contributed by atoms with Gasteiger partial charge in [0.25, 0.3) is 0 Å². The van der Waals surface area contributed by atoms with Crippen molar-refractivity contribution in [3.63, 3.8) is 0 Å². The van der Waals surface area contributed by atoms with Crippen molar-refractivity contribution in [1.29, 1.82) is 0 Å². The van der Waals surface area contributed by atoms with Crippen molar-refractivity contribution in [3.05, 3.63) is 23.3 Å². The SMILES string of the molecule is CC1=CC=C(C)C(C)(C)N(C)C1(C)C. The molecule has 1 rings (SSSR count). The summed E-state index contributed by atoms with van der Waals surface area (Å²) in [6.45, 7) is 13.6. The van der Waals surface area contributed by atoms with E-state index in [1.54, 1.807) is 0 Å². The molecule has 0 aromatic carbocycles. The van der Waals surface area contributed by atoms with Crippen LogP contribution in [0.15, 0.2) is 23.3 Å². The highest BCUT2D eigenvalue weighted by atomic mass is 15.2. The van der Waals surface area contributed by atoms with Crippen molar-refractivity contribution in [2.75, 3.05) is 7.05 Å². The fourth-order valence-electron chi connectivity index (χ4n) is 1.89. The zero-order valence-corrected chi connectivity index (χ0v) is 10.6. The molecule has 0 spiro atoms. The van der Waals surface area contributed by atoms with Crippen LogP contribution >= 0.6 is 0 Å². The third-order valence-corrected chi connectivity index (χ3v) is 4.19. The molecule has 1 heteroatoms. The van der Waals surface area contributed by atoms with Gasteiger partial charge in [-0.15, -0.1) is 0 Å². The normalized spacial score (nSPS) is 26.5. The Balaban J connectivity index is 3.24. The maximum atomic E-state index is 2.45. The smallest absolute Gasteiger partial charge is 0.0369 e. The fourth-order valence-corrected chi connectivity index (χ4v) is 1.89. The molecule has 0 saturated carbocycles. The molecule has 0 atom stereocenters. The highest BCUT2D eigenvalue weighted by Gasteiger charge is 2.37. The van der Waals surface area contributed by atoms with Gasteiger partial charge in [0, 0.05) is 11.1 Å². The van der Waals surface area contributed by atoms with E-state index >= 15 is 0 Å². The zero-order chi connectivity index (χ0) is 11.1. The van der Waals surface area contributed by atoms with E-state index in [0.717, 1.165) is 0 Å². The molecular formula is C13H23N. The van der Waals surface area contributed by atoms with Crippen molar-refractivity contribution in [1.82, 2.24) is 4.90 Å². The Bertz CT molecular complexity index is 262. The molecule has 0 aromatic rings. The molecule has 0 aliphatic carbocycles. The van der Waals surface area contributed by atoms with Crippen molar-refractivity contribution in [2.45, 2.75) is 52.6 Å². The lowest BCUT2D eigenvalue weighted by atomic mass is 9.87. The van der Waals surface area contributed by atoms with Crippen molar-refractivity contribution in [2.24, 2.45) is 0 Å². The fraction of sp³-hybridized carbons (Fsp3) is 0.692. The van der Waals surface area contributed by atoms with E-state index in [1.165, 1.54) is 11.1 Å². The predicted octanol–water partition coefficient (Wildman–Crippen LogP) is 3.38. The molecule has 0 radical (unpaired) electrons. The first-order valence-corrected chi connectivity index (χ1v) is 5.31. The van der Waals surface area contributed by atoms with Gasteiger partial charge in [0.15, 0.2) is 0 Å². The summed E-state index contributed by atoms with van der Waals surface area (Å²) in [5, 5.41) is 0. The van der Waals surface area contributed by atoms with Gasteiger partial charge in [0.1, 0.15) is 0 Å². The van der Waals surface area contributed by atoms with Gasteiger partial charge in [-0.2, -0.15) is 0 Å². The molecule has 1 heterocycles. The lowest BCUT2D eigenvalue weighted by Gasteiger charge is -2.46. The Labute approximate surface area is 88.5 Å². The Morgan fingerprint density at radius 3 is 1.43 bits per heavy atom. The second-order valence-electron chi connectivity index (χ2n) is 5.38. The molecule has 0 fully saturated rings.